The van der Waals surface area contributed by atoms with Gasteiger partial charge in [0.1, 0.15) is 18.5 Å². The fraction of sp³-hybridized carbons (Fsp3) is 0.480. The van der Waals surface area contributed by atoms with Crippen molar-refractivity contribution in [1.82, 2.24) is 9.80 Å². The minimum atomic E-state index is -0.327. The molecule has 0 aliphatic carbocycles. The summed E-state index contributed by atoms with van der Waals surface area (Å²) in [7, 11) is 1.77. The Bertz CT molecular complexity index is 1080. The number of hydrogen-bond acceptors (Lipinski definition) is 7. The normalized spacial score (nSPS) is 24.5. The number of ether oxygens (including phenoxy) is 3. The first-order chi connectivity index (χ1) is 17.0. The van der Waals surface area contributed by atoms with Crippen LogP contribution >= 0.6 is 11.3 Å². The fourth-order valence-electron chi connectivity index (χ4n) is 4.84. The Morgan fingerprint density at radius 2 is 2.00 bits per heavy atom. The summed E-state index contributed by atoms with van der Waals surface area (Å²) in [5, 5.41) is 4.69. The van der Waals surface area contributed by atoms with E-state index in [2.05, 4.69) is 5.32 Å². The fourth-order valence-corrected chi connectivity index (χ4v) is 5.46. The first kappa shape index (κ1) is 23.8. The Kier molecular flexibility index (Phi) is 7.03. The number of fused-ring (bicyclic) bond motifs is 2. The lowest BCUT2D eigenvalue weighted by atomic mass is 9.94. The Labute approximate surface area is 207 Å². The SMILES string of the molecule is CN1C(=O)c2cc(NC(=O)c3cccs3)ccc2OC[C@@H]2O[C@@H](CC(=O)N3CCOCC3)CC[C@H]21. The molecule has 3 amide bonds. The third-order valence-corrected chi connectivity index (χ3v) is 7.65. The molecule has 3 aliphatic heterocycles. The van der Waals surface area contributed by atoms with Gasteiger partial charge in [-0.05, 0) is 42.5 Å². The van der Waals surface area contributed by atoms with Gasteiger partial charge in [0, 0.05) is 25.8 Å². The third-order valence-electron chi connectivity index (χ3n) is 6.78. The van der Waals surface area contributed by atoms with E-state index in [1.54, 1.807) is 36.2 Å². The maximum atomic E-state index is 13.4. The van der Waals surface area contributed by atoms with Crippen LogP contribution in [-0.2, 0) is 14.3 Å². The number of benzene rings is 1. The van der Waals surface area contributed by atoms with Crippen molar-refractivity contribution in [2.24, 2.45) is 0 Å². The molecule has 3 atom stereocenters. The molecule has 9 nitrogen and oxygen atoms in total. The van der Waals surface area contributed by atoms with Crippen molar-refractivity contribution in [3.63, 3.8) is 0 Å². The van der Waals surface area contributed by atoms with Gasteiger partial charge in [0.05, 0.1) is 42.2 Å². The van der Waals surface area contributed by atoms with Crippen LogP contribution in [0.1, 0.15) is 39.3 Å². The summed E-state index contributed by atoms with van der Waals surface area (Å²) in [6, 6.07) is 8.50. The van der Waals surface area contributed by atoms with Crippen molar-refractivity contribution in [1.29, 1.82) is 0 Å². The zero-order chi connectivity index (χ0) is 24.4. The zero-order valence-electron chi connectivity index (χ0n) is 19.6. The van der Waals surface area contributed by atoms with Crippen LogP contribution in [0, 0.1) is 0 Å². The lowest BCUT2D eigenvalue weighted by molar-refractivity contribution is -0.146. The largest absolute Gasteiger partial charge is 0.490 e. The van der Waals surface area contributed by atoms with Gasteiger partial charge < -0.3 is 29.3 Å². The summed E-state index contributed by atoms with van der Waals surface area (Å²) in [6.07, 6.45) is 1.21. The Morgan fingerprint density at radius 3 is 2.77 bits per heavy atom. The third kappa shape index (κ3) is 5.19. The number of amides is 3. The average molecular weight is 500 g/mol. The highest BCUT2D eigenvalue weighted by Gasteiger charge is 2.39. The maximum Gasteiger partial charge on any atom is 0.265 e. The van der Waals surface area contributed by atoms with Crippen LogP contribution in [0.25, 0.3) is 0 Å². The molecular weight excluding hydrogens is 470 g/mol. The molecule has 2 fully saturated rings. The molecule has 5 rings (SSSR count). The molecule has 1 N–H and O–H groups in total. The molecule has 3 aliphatic rings. The second kappa shape index (κ2) is 10.3. The van der Waals surface area contributed by atoms with E-state index in [0.29, 0.717) is 61.0 Å². The van der Waals surface area contributed by atoms with Crippen LogP contribution < -0.4 is 10.1 Å². The molecule has 2 aromatic rings. The van der Waals surface area contributed by atoms with Crippen molar-refractivity contribution < 1.29 is 28.6 Å². The molecule has 0 saturated carbocycles. The van der Waals surface area contributed by atoms with Crippen LogP contribution in [-0.4, -0.2) is 85.7 Å². The van der Waals surface area contributed by atoms with Gasteiger partial charge in [-0.2, -0.15) is 0 Å². The van der Waals surface area contributed by atoms with Crippen LogP contribution in [0.3, 0.4) is 0 Å². The molecule has 0 radical (unpaired) electrons. The quantitative estimate of drug-likeness (QED) is 0.695. The summed E-state index contributed by atoms with van der Waals surface area (Å²) < 4.78 is 17.6. The Balaban J connectivity index is 1.27. The van der Waals surface area contributed by atoms with Gasteiger partial charge in [-0.1, -0.05) is 6.07 Å². The number of hydrogen-bond donors (Lipinski definition) is 1. The second-order valence-electron chi connectivity index (χ2n) is 9.01. The highest BCUT2D eigenvalue weighted by atomic mass is 32.1. The molecule has 186 valence electrons. The van der Waals surface area contributed by atoms with Gasteiger partial charge in [0.15, 0.2) is 0 Å². The molecule has 0 spiro atoms. The number of carbonyl (C=O) groups excluding carboxylic acids is 3. The van der Waals surface area contributed by atoms with Gasteiger partial charge in [-0.15, -0.1) is 11.3 Å². The van der Waals surface area contributed by atoms with E-state index in [-0.39, 0.29) is 42.6 Å². The van der Waals surface area contributed by atoms with Crippen LogP contribution in [0.4, 0.5) is 5.69 Å². The molecule has 0 unspecified atom stereocenters. The number of nitrogens with one attached hydrogen (secondary N) is 1. The first-order valence-corrected chi connectivity index (χ1v) is 12.8. The van der Waals surface area contributed by atoms with Gasteiger partial charge in [0.2, 0.25) is 5.91 Å². The maximum absolute atomic E-state index is 13.4. The molecule has 35 heavy (non-hydrogen) atoms. The van der Waals surface area contributed by atoms with Gasteiger partial charge in [0.25, 0.3) is 11.8 Å². The average Bonchev–Trinajstić information content (AvgIpc) is 3.42. The van der Waals surface area contributed by atoms with Crippen molar-refractivity contribution in [3.8, 4) is 5.75 Å². The van der Waals surface area contributed by atoms with Crippen LogP contribution in [0.2, 0.25) is 0 Å². The summed E-state index contributed by atoms with van der Waals surface area (Å²) in [6.45, 7) is 2.65. The number of likely N-dealkylation sites (N-methyl/N-ethyl adjacent to an activating group) is 1. The summed E-state index contributed by atoms with van der Waals surface area (Å²) >= 11 is 1.36. The predicted molar refractivity (Wildman–Crippen MR) is 130 cm³/mol. The Morgan fingerprint density at radius 1 is 1.17 bits per heavy atom. The van der Waals surface area contributed by atoms with E-state index in [1.807, 2.05) is 16.3 Å². The summed E-state index contributed by atoms with van der Waals surface area (Å²) in [4.78, 5) is 42.6. The van der Waals surface area contributed by atoms with Crippen LogP contribution in [0.15, 0.2) is 35.7 Å². The van der Waals surface area contributed by atoms with Crippen molar-refractivity contribution >= 4 is 34.7 Å². The molecule has 0 bridgehead atoms. The number of carbonyl (C=O) groups is 3. The number of rotatable bonds is 4. The first-order valence-electron chi connectivity index (χ1n) is 11.9. The lowest BCUT2D eigenvalue weighted by Gasteiger charge is -2.42. The minimum absolute atomic E-state index is 0.0791. The zero-order valence-corrected chi connectivity index (χ0v) is 20.4. The standard InChI is InChI=1S/C25H29N3O6S/c1-27-19-6-5-17(14-23(29)28-8-10-32-11-9-28)34-21(19)15-33-20-7-4-16(13-18(20)25(27)31)26-24(30)22-3-2-12-35-22/h2-4,7,12-13,17,19,21H,5-6,8-11,14-15H2,1H3,(H,26,30)/t17-,19-,21+/m1/s1. The van der Waals surface area contributed by atoms with Crippen molar-refractivity contribution in [2.75, 3.05) is 45.3 Å². The van der Waals surface area contributed by atoms with Crippen molar-refractivity contribution in [3.05, 3.63) is 46.2 Å². The smallest absolute Gasteiger partial charge is 0.265 e. The van der Waals surface area contributed by atoms with E-state index < -0.39 is 0 Å². The van der Waals surface area contributed by atoms with E-state index >= 15 is 0 Å². The molecule has 4 heterocycles. The van der Waals surface area contributed by atoms with E-state index in [0.717, 1.165) is 6.42 Å². The van der Waals surface area contributed by atoms with Gasteiger partial charge >= 0.3 is 0 Å². The topological polar surface area (TPSA) is 97.4 Å². The van der Waals surface area contributed by atoms with Gasteiger partial charge in [-0.25, -0.2) is 0 Å². The lowest BCUT2D eigenvalue weighted by Crippen LogP contribution is -2.54. The van der Waals surface area contributed by atoms with E-state index in [4.69, 9.17) is 14.2 Å². The predicted octanol–water partition coefficient (Wildman–Crippen LogP) is 2.63. The monoisotopic (exact) mass is 499 g/mol. The van der Waals surface area contributed by atoms with Crippen LogP contribution in [0.5, 0.6) is 5.75 Å². The number of nitrogens with zero attached hydrogens (tertiary/aromatic N) is 2. The van der Waals surface area contributed by atoms with Gasteiger partial charge in [-0.3, -0.25) is 14.4 Å². The molecule has 10 heteroatoms. The highest BCUT2D eigenvalue weighted by Crippen LogP contribution is 2.33. The number of thiophene rings is 1. The van der Waals surface area contributed by atoms with Crippen molar-refractivity contribution in [2.45, 2.75) is 37.5 Å². The van der Waals surface area contributed by atoms with E-state index in [9.17, 15) is 14.4 Å². The Hall–Kier alpha value is -2.95. The second-order valence-corrected chi connectivity index (χ2v) is 9.96. The summed E-state index contributed by atoms with van der Waals surface area (Å²) in [5.41, 5.74) is 0.936. The highest BCUT2D eigenvalue weighted by molar-refractivity contribution is 7.12. The minimum Gasteiger partial charge on any atom is -0.490 e. The molecule has 2 saturated heterocycles. The number of morpholine rings is 1. The molecule has 1 aromatic heterocycles. The molecule has 1 aromatic carbocycles. The number of anilines is 1. The summed E-state index contributed by atoms with van der Waals surface area (Å²) in [5.74, 6) is 0.124. The molecular formula is C25H29N3O6S. The van der Waals surface area contributed by atoms with E-state index in [1.165, 1.54) is 11.3 Å².